The van der Waals surface area contributed by atoms with Crippen LogP contribution in [0.3, 0.4) is 0 Å². The van der Waals surface area contributed by atoms with Crippen LogP contribution >= 0.6 is 0 Å². The van der Waals surface area contributed by atoms with Crippen molar-refractivity contribution in [3.05, 3.63) is 48.5 Å². The van der Waals surface area contributed by atoms with Crippen LogP contribution in [0, 0.1) is 0 Å². The predicted octanol–water partition coefficient (Wildman–Crippen LogP) is 1.47. The number of aromatic amines is 1. The highest BCUT2D eigenvalue weighted by molar-refractivity contribution is 5.76. The van der Waals surface area contributed by atoms with Crippen molar-refractivity contribution in [2.45, 2.75) is 25.3 Å². The van der Waals surface area contributed by atoms with Crippen LogP contribution in [0.2, 0.25) is 0 Å². The summed E-state index contributed by atoms with van der Waals surface area (Å²) in [5.74, 6) is 0.294. The lowest BCUT2D eigenvalue weighted by Crippen LogP contribution is -2.41. The largest absolute Gasteiger partial charge is 0.340 e. The SMILES string of the molecule is O=C(Cn1cnnn1)N1CCC[C@@H](c2[nH]ncc2-c2ccccc2)C1. The van der Waals surface area contributed by atoms with Gasteiger partial charge in [0.2, 0.25) is 5.91 Å². The standard InChI is InChI=1S/C17H19N7O/c25-16(11-24-12-19-21-22-24)23-8-4-7-14(10-23)17-15(9-18-20-17)13-5-2-1-3-6-13/h1-3,5-6,9,12,14H,4,7-8,10-11H2,(H,18,20)/t14-/m1/s1. The number of hydrogen-bond acceptors (Lipinski definition) is 5. The molecule has 0 saturated carbocycles. The Bertz CT molecular complexity index is 828. The molecule has 0 unspecified atom stereocenters. The number of H-pyrrole nitrogens is 1. The first-order chi connectivity index (χ1) is 12.3. The van der Waals surface area contributed by atoms with Gasteiger partial charge in [0.05, 0.1) is 6.20 Å². The second-order valence-corrected chi connectivity index (χ2v) is 6.25. The van der Waals surface area contributed by atoms with Gasteiger partial charge in [0.15, 0.2) is 0 Å². The molecule has 1 aliphatic heterocycles. The topological polar surface area (TPSA) is 92.6 Å². The maximum absolute atomic E-state index is 12.5. The summed E-state index contributed by atoms with van der Waals surface area (Å²) in [7, 11) is 0. The van der Waals surface area contributed by atoms with Gasteiger partial charge in [0.25, 0.3) is 0 Å². The van der Waals surface area contributed by atoms with Crippen molar-refractivity contribution in [1.82, 2.24) is 35.3 Å². The second-order valence-electron chi connectivity index (χ2n) is 6.25. The summed E-state index contributed by atoms with van der Waals surface area (Å²) in [6, 6.07) is 10.2. The van der Waals surface area contributed by atoms with Gasteiger partial charge >= 0.3 is 0 Å². The Balaban J connectivity index is 1.50. The van der Waals surface area contributed by atoms with Crippen LogP contribution in [0.4, 0.5) is 0 Å². The summed E-state index contributed by atoms with van der Waals surface area (Å²) < 4.78 is 1.46. The Hall–Kier alpha value is -3.03. The number of benzene rings is 1. The molecule has 8 heteroatoms. The maximum Gasteiger partial charge on any atom is 0.244 e. The number of rotatable bonds is 4. The summed E-state index contributed by atoms with van der Waals surface area (Å²) in [6.07, 6.45) is 5.34. The highest BCUT2D eigenvalue weighted by Crippen LogP contribution is 2.32. The first-order valence-corrected chi connectivity index (χ1v) is 8.38. The number of piperidine rings is 1. The molecule has 2 aromatic heterocycles. The number of carbonyl (C=O) groups excluding carboxylic acids is 1. The van der Waals surface area contributed by atoms with Gasteiger partial charge in [-0.05, 0) is 28.8 Å². The lowest BCUT2D eigenvalue weighted by Gasteiger charge is -2.32. The molecule has 0 radical (unpaired) electrons. The van der Waals surface area contributed by atoms with E-state index in [-0.39, 0.29) is 18.4 Å². The molecule has 8 nitrogen and oxygen atoms in total. The number of amides is 1. The Labute approximate surface area is 144 Å². The molecule has 4 rings (SSSR count). The molecule has 1 saturated heterocycles. The Morgan fingerprint density at radius 1 is 1.28 bits per heavy atom. The van der Waals surface area contributed by atoms with Gasteiger partial charge in [-0.1, -0.05) is 30.3 Å². The number of hydrogen-bond donors (Lipinski definition) is 1. The van der Waals surface area contributed by atoms with Gasteiger partial charge in [-0.25, -0.2) is 4.68 Å². The van der Waals surface area contributed by atoms with Crippen molar-refractivity contribution in [1.29, 1.82) is 0 Å². The Morgan fingerprint density at radius 3 is 2.96 bits per heavy atom. The molecule has 0 spiro atoms. The summed E-state index contributed by atoms with van der Waals surface area (Å²) in [6.45, 7) is 1.63. The van der Waals surface area contributed by atoms with E-state index in [0.29, 0.717) is 6.54 Å². The zero-order valence-electron chi connectivity index (χ0n) is 13.7. The van der Waals surface area contributed by atoms with E-state index >= 15 is 0 Å². The lowest BCUT2D eigenvalue weighted by atomic mass is 9.90. The van der Waals surface area contributed by atoms with E-state index in [9.17, 15) is 4.79 Å². The molecule has 3 aromatic rings. The fourth-order valence-corrected chi connectivity index (χ4v) is 3.39. The maximum atomic E-state index is 12.5. The molecule has 128 valence electrons. The highest BCUT2D eigenvalue weighted by Gasteiger charge is 2.27. The van der Waals surface area contributed by atoms with Gasteiger partial charge in [-0.3, -0.25) is 9.89 Å². The number of nitrogens with one attached hydrogen (secondary N) is 1. The third-order valence-corrected chi connectivity index (χ3v) is 4.62. The van der Waals surface area contributed by atoms with Crippen molar-refractivity contribution >= 4 is 5.91 Å². The van der Waals surface area contributed by atoms with Gasteiger partial charge in [0.1, 0.15) is 12.9 Å². The minimum absolute atomic E-state index is 0.0396. The molecule has 1 N–H and O–H groups in total. The third kappa shape index (κ3) is 3.28. The van der Waals surface area contributed by atoms with E-state index in [2.05, 4.69) is 37.9 Å². The molecule has 25 heavy (non-hydrogen) atoms. The van der Waals surface area contributed by atoms with Crippen molar-refractivity contribution in [2.24, 2.45) is 0 Å². The molecule has 1 aliphatic rings. The van der Waals surface area contributed by atoms with E-state index in [1.807, 2.05) is 29.3 Å². The van der Waals surface area contributed by atoms with E-state index in [0.717, 1.165) is 36.2 Å². The Kier molecular flexibility index (Phi) is 4.24. The summed E-state index contributed by atoms with van der Waals surface area (Å²) in [5.41, 5.74) is 3.36. The highest BCUT2D eigenvalue weighted by atomic mass is 16.2. The van der Waals surface area contributed by atoms with Crippen molar-refractivity contribution < 1.29 is 4.79 Å². The van der Waals surface area contributed by atoms with Crippen LogP contribution in [0.25, 0.3) is 11.1 Å². The molecular weight excluding hydrogens is 318 g/mol. The Morgan fingerprint density at radius 2 is 2.16 bits per heavy atom. The fraction of sp³-hybridized carbons (Fsp3) is 0.353. The average molecular weight is 337 g/mol. The van der Waals surface area contributed by atoms with Gasteiger partial charge in [0, 0.05) is 30.3 Å². The van der Waals surface area contributed by atoms with E-state index in [4.69, 9.17) is 0 Å². The lowest BCUT2D eigenvalue weighted by molar-refractivity contribution is -0.133. The number of tetrazole rings is 1. The number of aromatic nitrogens is 6. The zero-order chi connectivity index (χ0) is 17.1. The van der Waals surface area contributed by atoms with Crippen LogP contribution in [-0.4, -0.2) is 54.3 Å². The minimum atomic E-state index is 0.0396. The molecule has 1 amide bonds. The van der Waals surface area contributed by atoms with Crippen LogP contribution < -0.4 is 0 Å². The van der Waals surface area contributed by atoms with E-state index < -0.39 is 0 Å². The summed E-state index contributed by atoms with van der Waals surface area (Å²) >= 11 is 0. The van der Waals surface area contributed by atoms with Gasteiger partial charge < -0.3 is 4.90 Å². The second kappa shape index (κ2) is 6.84. The monoisotopic (exact) mass is 337 g/mol. The number of nitrogens with zero attached hydrogens (tertiary/aromatic N) is 6. The number of likely N-dealkylation sites (tertiary alicyclic amines) is 1. The van der Waals surface area contributed by atoms with Crippen LogP contribution in [0.5, 0.6) is 0 Å². The molecule has 3 heterocycles. The molecule has 1 atom stereocenters. The first-order valence-electron chi connectivity index (χ1n) is 8.38. The molecule has 0 bridgehead atoms. The quantitative estimate of drug-likeness (QED) is 0.778. The van der Waals surface area contributed by atoms with Gasteiger partial charge in [-0.15, -0.1) is 5.10 Å². The van der Waals surface area contributed by atoms with Crippen molar-refractivity contribution in [3.8, 4) is 11.1 Å². The predicted molar refractivity (Wildman–Crippen MR) is 90.4 cm³/mol. The average Bonchev–Trinajstić information content (AvgIpc) is 3.34. The minimum Gasteiger partial charge on any atom is -0.340 e. The smallest absolute Gasteiger partial charge is 0.244 e. The zero-order valence-corrected chi connectivity index (χ0v) is 13.7. The normalized spacial score (nSPS) is 17.6. The van der Waals surface area contributed by atoms with Crippen LogP contribution in [0.1, 0.15) is 24.5 Å². The summed E-state index contributed by atoms with van der Waals surface area (Å²) in [4.78, 5) is 14.4. The van der Waals surface area contributed by atoms with Gasteiger partial charge in [-0.2, -0.15) is 5.10 Å². The van der Waals surface area contributed by atoms with Crippen LogP contribution in [-0.2, 0) is 11.3 Å². The number of carbonyl (C=O) groups is 1. The van der Waals surface area contributed by atoms with E-state index in [1.54, 1.807) is 0 Å². The fourth-order valence-electron chi connectivity index (χ4n) is 3.39. The van der Waals surface area contributed by atoms with Crippen molar-refractivity contribution in [3.63, 3.8) is 0 Å². The molecule has 0 aliphatic carbocycles. The summed E-state index contributed by atoms with van der Waals surface area (Å²) in [5, 5.41) is 18.3. The van der Waals surface area contributed by atoms with E-state index in [1.165, 1.54) is 11.0 Å². The van der Waals surface area contributed by atoms with Crippen LogP contribution in [0.15, 0.2) is 42.9 Å². The molecule has 1 fully saturated rings. The van der Waals surface area contributed by atoms with Crippen molar-refractivity contribution in [2.75, 3.05) is 13.1 Å². The first kappa shape index (κ1) is 15.5. The molecule has 1 aromatic carbocycles. The third-order valence-electron chi connectivity index (χ3n) is 4.62. The molecular formula is C17H19N7O.